The predicted octanol–water partition coefficient (Wildman–Crippen LogP) is 0.743. The van der Waals surface area contributed by atoms with Crippen LogP contribution >= 0.6 is 0 Å². The molecule has 1 aromatic carbocycles. The Morgan fingerprint density at radius 2 is 1.91 bits per heavy atom. The quantitative estimate of drug-likeness (QED) is 0.721. The fraction of sp³-hybridized carbons (Fsp3) is 0.200. The minimum Gasteiger partial charge on any atom is -0.372 e. The highest BCUT2D eigenvalue weighted by Gasteiger charge is 2.11. The summed E-state index contributed by atoms with van der Waals surface area (Å²) in [6.45, 7) is 0.422. The Morgan fingerprint density at radius 3 is 2.52 bits per heavy atom. The van der Waals surface area contributed by atoms with Gasteiger partial charge < -0.3 is 10.6 Å². The van der Waals surface area contributed by atoms with Crippen molar-refractivity contribution in [3.05, 3.63) is 53.7 Å². The van der Waals surface area contributed by atoms with Crippen molar-refractivity contribution in [3.8, 4) is 0 Å². The number of primary sulfonamides is 1. The molecule has 0 saturated heterocycles. The number of nitrogens with two attached hydrogens (primary N) is 1. The zero-order chi connectivity index (χ0) is 16.9. The van der Waals surface area contributed by atoms with Gasteiger partial charge in [0.05, 0.1) is 10.5 Å². The van der Waals surface area contributed by atoms with Crippen molar-refractivity contribution in [2.45, 2.75) is 11.3 Å². The molecule has 0 saturated carbocycles. The molecule has 0 fully saturated rings. The van der Waals surface area contributed by atoms with Crippen molar-refractivity contribution in [2.24, 2.45) is 5.14 Å². The van der Waals surface area contributed by atoms with E-state index in [4.69, 9.17) is 5.14 Å². The fourth-order valence-electron chi connectivity index (χ4n) is 2.05. The van der Waals surface area contributed by atoms with E-state index in [-0.39, 0.29) is 10.8 Å². The smallest absolute Gasteiger partial charge is 0.255 e. The van der Waals surface area contributed by atoms with Gasteiger partial charge in [-0.05, 0) is 36.2 Å². The Balaban J connectivity index is 1.93. The highest BCUT2D eigenvalue weighted by atomic mass is 32.2. The second-order valence-electron chi connectivity index (χ2n) is 4.84. The zero-order valence-corrected chi connectivity index (χ0v) is 13.4. The maximum absolute atomic E-state index is 12.1. The van der Waals surface area contributed by atoms with Gasteiger partial charge in [-0.3, -0.25) is 4.79 Å². The number of sulfonamides is 1. The topological polar surface area (TPSA) is 114 Å². The molecule has 1 aromatic heterocycles. The van der Waals surface area contributed by atoms with E-state index in [1.165, 1.54) is 12.1 Å². The van der Waals surface area contributed by atoms with Gasteiger partial charge in [0.2, 0.25) is 10.0 Å². The van der Waals surface area contributed by atoms with Crippen molar-refractivity contribution >= 4 is 21.7 Å². The zero-order valence-electron chi connectivity index (χ0n) is 12.6. The van der Waals surface area contributed by atoms with Gasteiger partial charge in [-0.1, -0.05) is 12.1 Å². The summed E-state index contributed by atoms with van der Waals surface area (Å²) < 4.78 is 22.3. The van der Waals surface area contributed by atoms with Crippen LogP contribution in [0.1, 0.15) is 15.9 Å². The molecule has 0 aliphatic rings. The monoisotopic (exact) mass is 334 g/mol. The number of carbonyl (C=O) groups is 1. The number of amides is 1. The lowest BCUT2D eigenvalue weighted by molar-refractivity contribution is 0.0954. The summed E-state index contributed by atoms with van der Waals surface area (Å²) in [4.78, 5) is 16.3. The number of rotatable bonds is 6. The standard InChI is InChI=1S/C15H18N4O3S/c1-17-14-13(3-2-9-18-14)15(20)19-10-8-11-4-6-12(7-5-11)23(16,21)22/h2-7,9H,8,10H2,1H3,(H,17,18)(H,19,20)(H2,16,21,22). The van der Waals surface area contributed by atoms with Crippen LogP contribution in [0.2, 0.25) is 0 Å². The van der Waals surface area contributed by atoms with Crippen molar-refractivity contribution in [3.63, 3.8) is 0 Å². The fourth-order valence-corrected chi connectivity index (χ4v) is 2.56. The summed E-state index contributed by atoms with van der Waals surface area (Å²) in [6.07, 6.45) is 2.18. The number of carbonyl (C=O) groups excluding carboxylic acids is 1. The Labute approximate surface area is 135 Å². The predicted molar refractivity (Wildman–Crippen MR) is 87.6 cm³/mol. The lowest BCUT2D eigenvalue weighted by Gasteiger charge is -2.09. The number of aromatic nitrogens is 1. The van der Waals surface area contributed by atoms with E-state index in [0.29, 0.717) is 24.3 Å². The molecule has 8 heteroatoms. The molecule has 1 amide bonds. The maximum atomic E-state index is 12.1. The molecule has 0 aliphatic heterocycles. The Hall–Kier alpha value is -2.45. The summed E-state index contributed by atoms with van der Waals surface area (Å²) in [5, 5.41) is 10.7. The number of hydrogen-bond acceptors (Lipinski definition) is 5. The summed E-state index contributed by atoms with van der Waals surface area (Å²) in [5.74, 6) is 0.297. The third kappa shape index (κ3) is 4.51. The molecule has 1 heterocycles. The van der Waals surface area contributed by atoms with Crippen molar-refractivity contribution in [1.82, 2.24) is 10.3 Å². The Kier molecular flexibility index (Phi) is 5.30. The van der Waals surface area contributed by atoms with Crippen LogP contribution in [0.3, 0.4) is 0 Å². The first-order valence-corrected chi connectivity index (χ1v) is 8.49. The average Bonchev–Trinajstić information content (AvgIpc) is 2.54. The molecule has 122 valence electrons. The first-order valence-electron chi connectivity index (χ1n) is 6.94. The van der Waals surface area contributed by atoms with Crippen molar-refractivity contribution in [2.75, 3.05) is 18.9 Å². The van der Waals surface area contributed by atoms with Gasteiger partial charge in [0.15, 0.2) is 0 Å². The Bertz CT molecular complexity index is 789. The van der Waals surface area contributed by atoms with E-state index in [0.717, 1.165) is 5.56 Å². The molecule has 2 rings (SSSR count). The second kappa shape index (κ2) is 7.21. The molecule has 23 heavy (non-hydrogen) atoms. The van der Waals surface area contributed by atoms with Crippen LogP contribution < -0.4 is 15.8 Å². The number of anilines is 1. The second-order valence-corrected chi connectivity index (χ2v) is 6.41. The number of nitrogens with one attached hydrogen (secondary N) is 2. The highest BCUT2D eigenvalue weighted by molar-refractivity contribution is 7.89. The van der Waals surface area contributed by atoms with Crippen LogP contribution in [0, 0.1) is 0 Å². The highest BCUT2D eigenvalue weighted by Crippen LogP contribution is 2.11. The first kappa shape index (κ1) is 16.9. The normalized spacial score (nSPS) is 11.0. The molecule has 0 atom stereocenters. The average molecular weight is 334 g/mol. The van der Waals surface area contributed by atoms with Crippen LogP contribution in [0.25, 0.3) is 0 Å². The number of benzene rings is 1. The third-order valence-corrected chi connectivity index (χ3v) is 4.17. The molecule has 0 radical (unpaired) electrons. The van der Waals surface area contributed by atoms with Gasteiger partial charge in [-0.25, -0.2) is 18.5 Å². The molecular formula is C15H18N4O3S. The minimum atomic E-state index is -3.68. The van der Waals surface area contributed by atoms with Gasteiger partial charge in [-0.15, -0.1) is 0 Å². The molecule has 0 spiro atoms. The molecule has 0 aliphatic carbocycles. The molecule has 4 N–H and O–H groups in total. The third-order valence-electron chi connectivity index (χ3n) is 3.24. The van der Waals surface area contributed by atoms with Gasteiger partial charge >= 0.3 is 0 Å². The van der Waals surface area contributed by atoms with Gasteiger partial charge in [0.25, 0.3) is 5.91 Å². The summed E-state index contributed by atoms with van der Waals surface area (Å²) in [6, 6.07) is 9.64. The van der Waals surface area contributed by atoms with E-state index in [1.807, 2.05) is 0 Å². The molecule has 2 aromatic rings. The number of nitrogens with zero attached hydrogens (tertiary/aromatic N) is 1. The van der Waals surface area contributed by atoms with E-state index in [2.05, 4.69) is 15.6 Å². The molecule has 7 nitrogen and oxygen atoms in total. The van der Waals surface area contributed by atoms with Crippen molar-refractivity contribution in [1.29, 1.82) is 0 Å². The van der Waals surface area contributed by atoms with E-state index in [1.54, 1.807) is 37.5 Å². The Morgan fingerprint density at radius 1 is 1.22 bits per heavy atom. The van der Waals surface area contributed by atoms with Crippen LogP contribution in [0.4, 0.5) is 5.82 Å². The van der Waals surface area contributed by atoms with E-state index < -0.39 is 10.0 Å². The lowest BCUT2D eigenvalue weighted by atomic mass is 10.1. The SMILES string of the molecule is CNc1ncccc1C(=O)NCCc1ccc(S(N)(=O)=O)cc1. The van der Waals surface area contributed by atoms with Crippen LogP contribution in [0.15, 0.2) is 47.5 Å². The molecule has 0 unspecified atom stereocenters. The number of hydrogen-bond donors (Lipinski definition) is 3. The van der Waals surface area contributed by atoms with Gasteiger partial charge in [0, 0.05) is 19.8 Å². The lowest BCUT2D eigenvalue weighted by Crippen LogP contribution is -2.26. The number of pyridine rings is 1. The largest absolute Gasteiger partial charge is 0.372 e. The van der Waals surface area contributed by atoms with Gasteiger partial charge in [0.1, 0.15) is 5.82 Å². The molecular weight excluding hydrogens is 316 g/mol. The minimum absolute atomic E-state index is 0.0688. The van der Waals surface area contributed by atoms with Crippen molar-refractivity contribution < 1.29 is 13.2 Å². The maximum Gasteiger partial charge on any atom is 0.255 e. The van der Waals surface area contributed by atoms with E-state index in [9.17, 15) is 13.2 Å². The van der Waals surface area contributed by atoms with Crippen LogP contribution in [0.5, 0.6) is 0 Å². The molecule has 0 bridgehead atoms. The summed E-state index contributed by atoms with van der Waals surface area (Å²) in [5.41, 5.74) is 1.37. The summed E-state index contributed by atoms with van der Waals surface area (Å²) in [7, 11) is -1.98. The van der Waals surface area contributed by atoms with Crippen LogP contribution in [-0.2, 0) is 16.4 Å². The van der Waals surface area contributed by atoms with Gasteiger partial charge in [-0.2, -0.15) is 0 Å². The first-order chi connectivity index (χ1) is 10.9. The summed E-state index contributed by atoms with van der Waals surface area (Å²) >= 11 is 0. The van der Waals surface area contributed by atoms with E-state index >= 15 is 0 Å². The van der Waals surface area contributed by atoms with Crippen LogP contribution in [-0.4, -0.2) is 32.9 Å².